The summed E-state index contributed by atoms with van der Waals surface area (Å²) >= 11 is 1.69. The number of para-hydroxylation sites is 1. The molecule has 1 N–H and O–H groups in total. The monoisotopic (exact) mass is 334 g/mol. The van der Waals surface area contributed by atoms with Gasteiger partial charge in [-0.05, 0) is 45.4 Å². The fraction of sp³-hybridized carbons (Fsp3) is 0.529. The third kappa shape index (κ3) is 3.39. The number of thiazole rings is 1. The number of nitrogens with zero attached hydrogens (tertiary/aromatic N) is 2. The maximum Gasteiger partial charge on any atom is 0.339 e. The lowest BCUT2D eigenvalue weighted by atomic mass is 10.1. The number of hydrogen-bond donors (Lipinski definition) is 1. The minimum atomic E-state index is -1.49. The molecule has 6 heteroatoms. The van der Waals surface area contributed by atoms with E-state index in [9.17, 15) is 9.90 Å². The van der Waals surface area contributed by atoms with E-state index in [2.05, 4.69) is 11.0 Å². The van der Waals surface area contributed by atoms with Crippen molar-refractivity contribution in [3.8, 4) is 0 Å². The van der Waals surface area contributed by atoms with Crippen LogP contribution in [0.15, 0.2) is 24.3 Å². The molecule has 0 spiro atoms. The van der Waals surface area contributed by atoms with Gasteiger partial charge in [0.2, 0.25) is 0 Å². The average Bonchev–Trinajstić information content (AvgIpc) is 3.12. The lowest BCUT2D eigenvalue weighted by Crippen LogP contribution is -2.47. The second kappa shape index (κ2) is 6.55. The maximum atomic E-state index is 11.9. The van der Waals surface area contributed by atoms with E-state index in [1.54, 1.807) is 18.3 Å². The van der Waals surface area contributed by atoms with Gasteiger partial charge in [0.25, 0.3) is 0 Å². The largest absolute Gasteiger partial charge is 0.464 e. The topological polar surface area (TPSA) is 62.7 Å². The fourth-order valence-electron chi connectivity index (χ4n) is 3.07. The highest BCUT2D eigenvalue weighted by atomic mass is 32.1. The van der Waals surface area contributed by atoms with Crippen LogP contribution in [0.1, 0.15) is 37.7 Å². The molecule has 2 atom stereocenters. The van der Waals surface area contributed by atoms with Gasteiger partial charge >= 0.3 is 5.97 Å². The van der Waals surface area contributed by atoms with Crippen molar-refractivity contribution in [1.82, 2.24) is 9.88 Å². The van der Waals surface area contributed by atoms with E-state index in [0.717, 1.165) is 29.9 Å². The van der Waals surface area contributed by atoms with Crippen LogP contribution in [0.3, 0.4) is 0 Å². The number of aromatic nitrogens is 1. The molecule has 0 aliphatic carbocycles. The molecule has 1 aromatic heterocycles. The fourth-order valence-corrected chi connectivity index (χ4v) is 4.21. The van der Waals surface area contributed by atoms with Crippen molar-refractivity contribution in [3.63, 3.8) is 0 Å². The number of ether oxygens (including phenoxy) is 1. The predicted octanol–water partition coefficient (Wildman–Crippen LogP) is 2.75. The first-order valence-corrected chi connectivity index (χ1v) is 8.82. The average molecular weight is 334 g/mol. The Morgan fingerprint density at radius 1 is 1.52 bits per heavy atom. The number of esters is 1. The number of hydrogen-bond acceptors (Lipinski definition) is 6. The van der Waals surface area contributed by atoms with Crippen LogP contribution in [0.5, 0.6) is 0 Å². The van der Waals surface area contributed by atoms with E-state index in [1.165, 1.54) is 11.6 Å². The number of carbonyl (C=O) groups is 1. The quantitative estimate of drug-likeness (QED) is 0.852. The Morgan fingerprint density at radius 2 is 2.30 bits per heavy atom. The van der Waals surface area contributed by atoms with Crippen LogP contribution < -0.4 is 0 Å². The summed E-state index contributed by atoms with van der Waals surface area (Å²) in [5.74, 6) is -0.560. The molecule has 1 saturated heterocycles. The summed E-state index contributed by atoms with van der Waals surface area (Å²) in [5.41, 5.74) is -0.480. The van der Waals surface area contributed by atoms with Gasteiger partial charge in [-0.3, -0.25) is 4.90 Å². The van der Waals surface area contributed by atoms with Gasteiger partial charge < -0.3 is 9.84 Å². The summed E-state index contributed by atoms with van der Waals surface area (Å²) in [6, 6.07) is 8.26. The lowest BCUT2D eigenvalue weighted by Gasteiger charge is -2.30. The molecule has 0 unspecified atom stereocenters. The van der Waals surface area contributed by atoms with Gasteiger partial charge in [0.1, 0.15) is 5.01 Å². The van der Waals surface area contributed by atoms with E-state index in [1.807, 2.05) is 18.2 Å². The normalized spacial score (nSPS) is 21.4. The first kappa shape index (κ1) is 16.4. The molecule has 1 aromatic carbocycles. The predicted molar refractivity (Wildman–Crippen MR) is 90.4 cm³/mol. The van der Waals surface area contributed by atoms with Crippen LogP contribution in [0.2, 0.25) is 0 Å². The highest BCUT2D eigenvalue weighted by molar-refractivity contribution is 7.18. The summed E-state index contributed by atoms with van der Waals surface area (Å²) < 4.78 is 6.15. The molecule has 23 heavy (non-hydrogen) atoms. The van der Waals surface area contributed by atoms with Crippen LogP contribution in [0.4, 0.5) is 0 Å². The standard InChI is InChI=1S/C17H22N2O3S/c1-3-22-16(20)17(2,21)11-19-10-6-8-13(19)15-18-12-7-4-5-9-14(12)23-15/h4-5,7,9,13,21H,3,6,8,10-11H2,1-2H3/t13-,17-/m0/s1. The van der Waals surface area contributed by atoms with Crippen molar-refractivity contribution >= 4 is 27.5 Å². The molecule has 3 rings (SSSR count). The Bertz CT molecular complexity index is 665. The number of aliphatic hydroxyl groups is 1. The number of likely N-dealkylation sites (tertiary alicyclic amines) is 1. The van der Waals surface area contributed by atoms with Gasteiger partial charge in [0, 0.05) is 6.54 Å². The summed E-state index contributed by atoms with van der Waals surface area (Å²) in [4.78, 5) is 18.8. The van der Waals surface area contributed by atoms with Crippen LogP contribution >= 0.6 is 11.3 Å². The molecule has 5 nitrogen and oxygen atoms in total. The molecule has 2 aromatic rings. The molecule has 124 valence electrons. The Labute approximate surface area is 139 Å². The van der Waals surface area contributed by atoms with Crippen molar-refractivity contribution in [2.24, 2.45) is 0 Å². The Morgan fingerprint density at radius 3 is 3.04 bits per heavy atom. The minimum absolute atomic E-state index is 0.160. The summed E-state index contributed by atoms with van der Waals surface area (Å²) in [7, 11) is 0. The van der Waals surface area contributed by atoms with E-state index in [-0.39, 0.29) is 19.2 Å². The van der Waals surface area contributed by atoms with Crippen molar-refractivity contribution in [1.29, 1.82) is 0 Å². The number of rotatable bonds is 5. The Hall–Kier alpha value is -1.50. The zero-order valence-corrected chi connectivity index (χ0v) is 14.3. The van der Waals surface area contributed by atoms with E-state index >= 15 is 0 Å². The van der Waals surface area contributed by atoms with Gasteiger partial charge in [-0.1, -0.05) is 12.1 Å². The van der Waals surface area contributed by atoms with Crippen LogP contribution in [0, 0.1) is 0 Å². The highest BCUT2D eigenvalue weighted by Crippen LogP contribution is 2.37. The molecule has 0 amide bonds. The molecule has 1 aliphatic rings. The molecule has 0 bridgehead atoms. The van der Waals surface area contributed by atoms with Crippen molar-refractivity contribution in [3.05, 3.63) is 29.3 Å². The first-order valence-electron chi connectivity index (χ1n) is 8.00. The van der Waals surface area contributed by atoms with Crippen molar-refractivity contribution in [2.45, 2.75) is 38.3 Å². The van der Waals surface area contributed by atoms with Gasteiger partial charge in [0.15, 0.2) is 5.60 Å². The number of carbonyl (C=O) groups excluding carboxylic acids is 1. The second-order valence-electron chi connectivity index (χ2n) is 6.14. The summed E-state index contributed by atoms with van der Waals surface area (Å²) in [6.07, 6.45) is 2.04. The zero-order valence-electron chi connectivity index (χ0n) is 13.5. The van der Waals surface area contributed by atoms with Crippen LogP contribution in [-0.4, -0.2) is 46.3 Å². The molecule has 0 radical (unpaired) electrons. The molecule has 1 aliphatic heterocycles. The van der Waals surface area contributed by atoms with Crippen molar-refractivity contribution < 1.29 is 14.6 Å². The van der Waals surface area contributed by atoms with Crippen molar-refractivity contribution in [2.75, 3.05) is 19.7 Å². The number of benzene rings is 1. The Kier molecular flexibility index (Phi) is 4.66. The number of fused-ring (bicyclic) bond motifs is 1. The zero-order chi connectivity index (χ0) is 16.4. The third-order valence-corrected chi connectivity index (χ3v) is 5.32. The SMILES string of the molecule is CCOC(=O)[C@@](C)(O)CN1CCC[C@H]1c1nc2ccccc2s1. The van der Waals surface area contributed by atoms with Gasteiger partial charge in [-0.2, -0.15) is 0 Å². The molecular formula is C17H22N2O3S. The number of β-amino-alcohol motifs (C(OH)–C–C–N with tert-alkyl or cyclic N) is 1. The van der Waals surface area contributed by atoms with Gasteiger partial charge in [-0.15, -0.1) is 11.3 Å². The van der Waals surface area contributed by atoms with E-state index in [0.29, 0.717) is 0 Å². The van der Waals surface area contributed by atoms with Gasteiger partial charge in [0.05, 0.1) is 22.9 Å². The van der Waals surface area contributed by atoms with E-state index < -0.39 is 11.6 Å². The lowest BCUT2D eigenvalue weighted by molar-refractivity contribution is -0.165. The van der Waals surface area contributed by atoms with E-state index in [4.69, 9.17) is 9.72 Å². The summed E-state index contributed by atoms with van der Waals surface area (Å²) in [5, 5.41) is 11.5. The molecule has 2 heterocycles. The van der Waals surface area contributed by atoms with Crippen LogP contribution in [0.25, 0.3) is 10.2 Å². The molecular weight excluding hydrogens is 312 g/mol. The maximum absolute atomic E-state index is 11.9. The summed E-state index contributed by atoms with van der Waals surface area (Å²) in [6.45, 7) is 4.67. The van der Waals surface area contributed by atoms with Gasteiger partial charge in [-0.25, -0.2) is 9.78 Å². The Balaban J connectivity index is 1.78. The second-order valence-corrected chi connectivity index (χ2v) is 7.20. The molecule has 0 saturated carbocycles. The van der Waals surface area contributed by atoms with Crippen LogP contribution in [-0.2, 0) is 9.53 Å². The third-order valence-electron chi connectivity index (χ3n) is 4.19. The first-order chi connectivity index (χ1) is 11.0. The highest BCUT2D eigenvalue weighted by Gasteiger charge is 2.39. The smallest absolute Gasteiger partial charge is 0.339 e. The molecule has 1 fully saturated rings. The minimum Gasteiger partial charge on any atom is -0.464 e.